The Labute approximate surface area is 167 Å². The largest absolute Gasteiger partial charge is 0.406 e. The number of halogens is 3. The molecule has 1 fully saturated rings. The molecule has 0 unspecified atom stereocenters. The van der Waals surface area contributed by atoms with Gasteiger partial charge < -0.3 is 10.2 Å². The third-order valence-electron chi connectivity index (χ3n) is 4.67. The summed E-state index contributed by atoms with van der Waals surface area (Å²) < 4.78 is 38.7. The van der Waals surface area contributed by atoms with Gasteiger partial charge in [0.15, 0.2) is 0 Å². The molecule has 0 bridgehead atoms. The van der Waals surface area contributed by atoms with E-state index in [9.17, 15) is 22.8 Å². The maximum Gasteiger partial charge on any atom is 0.406 e. The third-order valence-corrected chi connectivity index (χ3v) is 5.46. The third kappa shape index (κ3) is 7.01. The molecule has 1 N–H and O–H groups in total. The van der Waals surface area contributed by atoms with Crippen LogP contribution in [0.3, 0.4) is 0 Å². The molecule has 1 aromatic carbocycles. The Kier molecular flexibility index (Phi) is 7.77. The van der Waals surface area contributed by atoms with Gasteiger partial charge in [-0.25, -0.2) is 0 Å². The maximum atomic E-state index is 12.9. The van der Waals surface area contributed by atoms with Crippen molar-refractivity contribution in [3.63, 3.8) is 0 Å². The van der Waals surface area contributed by atoms with E-state index >= 15 is 0 Å². The molecule has 0 saturated heterocycles. The van der Waals surface area contributed by atoms with Crippen LogP contribution in [0.5, 0.6) is 0 Å². The summed E-state index contributed by atoms with van der Waals surface area (Å²) in [5, 5.41) is 2.78. The maximum absolute atomic E-state index is 12.9. The number of benzene rings is 1. The second-order valence-electron chi connectivity index (χ2n) is 7.14. The number of thioether (sulfide) groups is 1. The topological polar surface area (TPSA) is 52.7 Å². The van der Waals surface area contributed by atoms with Crippen LogP contribution in [0.4, 0.5) is 18.9 Å². The van der Waals surface area contributed by atoms with E-state index in [-0.39, 0.29) is 24.9 Å². The zero-order valence-electron chi connectivity index (χ0n) is 16.3. The minimum atomic E-state index is -4.45. The molecule has 1 saturated carbocycles. The lowest BCUT2D eigenvalue weighted by Crippen LogP contribution is -2.49. The molecule has 9 heteroatoms. The van der Waals surface area contributed by atoms with Crippen molar-refractivity contribution in [1.82, 2.24) is 9.80 Å². The van der Waals surface area contributed by atoms with Crippen LogP contribution < -0.4 is 5.32 Å². The molecule has 1 aliphatic carbocycles. The molecule has 0 aliphatic heterocycles. The summed E-state index contributed by atoms with van der Waals surface area (Å²) in [6.45, 7) is 0.0643. The summed E-state index contributed by atoms with van der Waals surface area (Å²) in [7, 11) is 1.55. The van der Waals surface area contributed by atoms with Crippen LogP contribution in [0.15, 0.2) is 29.2 Å². The van der Waals surface area contributed by atoms with Crippen LogP contribution in [0.25, 0.3) is 0 Å². The van der Waals surface area contributed by atoms with E-state index in [1.54, 1.807) is 26.1 Å². The number of rotatable bonds is 9. The lowest BCUT2D eigenvalue weighted by atomic mass is 10.1. The second-order valence-corrected chi connectivity index (χ2v) is 7.98. The minimum absolute atomic E-state index is 0.0911. The van der Waals surface area contributed by atoms with E-state index in [2.05, 4.69) is 5.32 Å². The predicted octanol–water partition coefficient (Wildman–Crippen LogP) is 3.47. The number of likely N-dealkylation sites (N-methyl/N-ethyl adjacent to an activating group) is 1. The predicted molar refractivity (Wildman–Crippen MR) is 104 cm³/mol. The smallest absolute Gasteiger partial charge is 0.329 e. The van der Waals surface area contributed by atoms with Crippen LogP contribution in [-0.4, -0.2) is 66.8 Å². The lowest BCUT2D eigenvalue weighted by Gasteiger charge is -2.31. The molecule has 0 radical (unpaired) electrons. The van der Waals surface area contributed by atoms with Gasteiger partial charge in [-0.1, -0.05) is 12.1 Å². The highest BCUT2D eigenvalue weighted by atomic mass is 32.2. The van der Waals surface area contributed by atoms with Gasteiger partial charge in [0.2, 0.25) is 11.8 Å². The molecular weight excluding hydrogens is 391 g/mol. The van der Waals surface area contributed by atoms with Crippen molar-refractivity contribution in [1.29, 1.82) is 0 Å². The highest BCUT2D eigenvalue weighted by molar-refractivity contribution is 7.98. The second kappa shape index (κ2) is 9.65. The van der Waals surface area contributed by atoms with Gasteiger partial charge in [-0.15, -0.1) is 11.8 Å². The SMILES string of the molecule is CSc1ccccc1NC(=O)CN(C)CC(=O)N(CC(F)(F)F)[C@@H](C)C1CC1. The lowest BCUT2D eigenvalue weighted by molar-refractivity contribution is -0.166. The number of para-hydroxylation sites is 1. The summed E-state index contributed by atoms with van der Waals surface area (Å²) in [6, 6.07) is 6.86. The normalized spacial score (nSPS) is 15.4. The van der Waals surface area contributed by atoms with Gasteiger partial charge in [0, 0.05) is 10.9 Å². The molecule has 1 atom stereocenters. The zero-order chi connectivity index (χ0) is 20.9. The van der Waals surface area contributed by atoms with Crippen molar-refractivity contribution in [2.24, 2.45) is 5.92 Å². The summed E-state index contributed by atoms with van der Waals surface area (Å²) in [5.41, 5.74) is 0.667. The first kappa shape index (κ1) is 22.5. The molecule has 2 rings (SSSR count). The zero-order valence-corrected chi connectivity index (χ0v) is 17.1. The Morgan fingerprint density at radius 2 is 1.89 bits per heavy atom. The first-order chi connectivity index (χ1) is 13.1. The van der Waals surface area contributed by atoms with Gasteiger partial charge in [0.05, 0.1) is 18.8 Å². The molecule has 0 spiro atoms. The number of nitrogens with zero attached hydrogens (tertiary/aromatic N) is 2. The number of nitrogens with one attached hydrogen (secondary N) is 1. The van der Waals surface area contributed by atoms with Gasteiger partial charge in [-0.05, 0) is 51.1 Å². The van der Waals surface area contributed by atoms with E-state index in [0.717, 1.165) is 22.6 Å². The van der Waals surface area contributed by atoms with Crippen molar-refractivity contribution in [3.05, 3.63) is 24.3 Å². The van der Waals surface area contributed by atoms with Crippen LogP contribution in [0, 0.1) is 5.92 Å². The molecule has 1 aliphatic rings. The van der Waals surface area contributed by atoms with Gasteiger partial charge >= 0.3 is 6.18 Å². The van der Waals surface area contributed by atoms with Crippen molar-refractivity contribution in [3.8, 4) is 0 Å². The average Bonchev–Trinajstić information content (AvgIpc) is 3.43. The molecule has 28 heavy (non-hydrogen) atoms. The van der Waals surface area contributed by atoms with Crippen molar-refractivity contribution < 1.29 is 22.8 Å². The summed E-state index contributed by atoms with van der Waals surface area (Å²) in [4.78, 5) is 28.0. The van der Waals surface area contributed by atoms with Crippen molar-refractivity contribution in [2.45, 2.75) is 36.9 Å². The number of amides is 2. The Morgan fingerprint density at radius 3 is 2.46 bits per heavy atom. The van der Waals surface area contributed by atoms with Crippen molar-refractivity contribution in [2.75, 3.05) is 38.3 Å². The summed E-state index contributed by atoms with van der Waals surface area (Å²) in [5.74, 6) is -0.811. The Balaban J connectivity index is 1.92. The van der Waals surface area contributed by atoms with Crippen LogP contribution in [0.2, 0.25) is 0 Å². The van der Waals surface area contributed by atoms with E-state index in [1.165, 1.54) is 16.7 Å². The number of hydrogen-bond donors (Lipinski definition) is 1. The van der Waals surface area contributed by atoms with Gasteiger partial charge in [-0.2, -0.15) is 13.2 Å². The molecule has 5 nitrogen and oxygen atoms in total. The van der Waals surface area contributed by atoms with Gasteiger partial charge in [0.1, 0.15) is 6.54 Å². The molecule has 156 valence electrons. The quantitative estimate of drug-likeness (QED) is 0.625. The van der Waals surface area contributed by atoms with Crippen LogP contribution in [0.1, 0.15) is 19.8 Å². The number of carbonyl (C=O) groups is 2. The number of hydrogen-bond acceptors (Lipinski definition) is 4. The van der Waals surface area contributed by atoms with E-state index in [0.29, 0.717) is 5.69 Å². The highest BCUT2D eigenvalue weighted by Gasteiger charge is 2.40. The van der Waals surface area contributed by atoms with Crippen molar-refractivity contribution >= 4 is 29.3 Å². The number of carbonyl (C=O) groups excluding carboxylic acids is 2. The summed E-state index contributed by atoms with van der Waals surface area (Å²) >= 11 is 1.49. The molecule has 2 amide bonds. The average molecular weight is 417 g/mol. The molecule has 0 aromatic heterocycles. The van der Waals surface area contributed by atoms with E-state index < -0.39 is 24.7 Å². The summed E-state index contributed by atoms with van der Waals surface area (Å²) in [6.07, 6.45) is -0.867. The fourth-order valence-electron chi connectivity index (χ4n) is 3.05. The standard InChI is InChI=1S/C19H26F3N3O2S/c1-13(14-8-9-14)25(12-19(20,21)22)18(27)11-24(2)10-17(26)23-15-6-4-5-7-16(15)28-3/h4-7,13-14H,8-12H2,1-3H3,(H,23,26)/t13-/m0/s1. The molecule has 0 heterocycles. The Morgan fingerprint density at radius 1 is 1.25 bits per heavy atom. The highest BCUT2D eigenvalue weighted by Crippen LogP contribution is 2.36. The fraction of sp³-hybridized carbons (Fsp3) is 0.579. The van der Waals surface area contributed by atoms with Gasteiger partial charge in [-0.3, -0.25) is 14.5 Å². The number of alkyl halides is 3. The van der Waals surface area contributed by atoms with Gasteiger partial charge in [0.25, 0.3) is 0 Å². The minimum Gasteiger partial charge on any atom is -0.329 e. The Hall–Kier alpha value is -1.74. The first-order valence-electron chi connectivity index (χ1n) is 9.08. The van der Waals surface area contributed by atoms with Crippen LogP contribution in [-0.2, 0) is 9.59 Å². The fourth-order valence-corrected chi connectivity index (χ4v) is 3.60. The molecular formula is C19H26F3N3O2S. The monoisotopic (exact) mass is 417 g/mol. The first-order valence-corrected chi connectivity index (χ1v) is 10.3. The Bertz CT molecular complexity index is 695. The van der Waals surface area contributed by atoms with E-state index in [1.807, 2.05) is 18.4 Å². The molecule has 1 aromatic rings. The van der Waals surface area contributed by atoms with Crippen LogP contribution >= 0.6 is 11.8 Å². The van der Waals surface area contributed by atoms with E-state index in [4.69, 9.17) is 0 Å². The number of anilines is 1.